The van der Waals surface area contributed by atoms with Gasteiger partial charge in [-0.25, -0.2) is 28.7 Å². The van der Waals surface area contributed by atoms with Gasteiger partial charge < -0.3 is 49.3 Å². The Kier molecular flexibility index (Phi) is 10.4. The van der Waals surface area contributed by atoms with Gasteiger partial charge >= 0.3 is 12.0 Å². The molecule has 2 aromatic heterocycles. The van der Waals surface area contributed by atoms with Gasteiger partial charge in [0.2, 0.25) is 0 Å². The number of aromatic nitrogens is 4. The molecule has 16 heteroatoms. The van der Waals surface area contributed by atoms with Crippen molar-refractivity contribution in [3.63, 3.8) is 0 Å². The van der Waals surface area contributed by atoms with Gasteiger partial charge in [0, 0.05) is 38.5 Å². The van der Waals surface area contributed by atoms with Crippen molar-refractivity contribution in [2.24, 2.45) is 0 Å². The van der Waals surface area contributed by atoms with Crippen LogP contribution in [-0.4, -0.2) is 68.7 Å². The highest BCUT2D eigenvalue weighted by Crippen LogP contribution is 2.30. The number of urea groups is 1. The molecule has 1 saturated heterocycles. The van der Waals surface area contributed by atoms with Crippen LogP contribution in [0, 0.1) is 0 Å². The SMILES string of the molecule is CCNC(=O)N1CCC(n2c(CNC(=O)c3nc(Cl)c(N)nc3N)[n+](CC)c3ccc(OCC(=O)O)cc32)CC1.[Cl-]. The van der Waals surface area contributed by atoms with Crippen LogP contribution in [0.25, 0.3) is 11.0 Å². The smallest absolute Gasteiger partial charge is 0.341 e. The predicted molar refractivity (Wildman–Crippen MR) is 147 cm³/mol. The van der Waals surface area contributed by atoms with Gasteiger partial charge in [0.15, 0.2) is 40.1 Å². The fourth-order valence-corrected chi connectivity index (χ4v) is 5.08. The zero-order chi connectivity index (χ0) is 29.0. The lowest BCUT2D eigenvalue weighted by molar-refractivity contribution is -0.676. The average molecular weight is 611 g/mol. The minimum atomic E-state index is -1.08. The Morgan fingerprint density at radius 3 is 2.49 bits per heavy atom. The number of carbonyl (C=O) groups is 3. The predicted octanol–water partition coefficient (Wildman–Crippen LogP) is -1.68. The molecule has 0 radical (unpaired) electrons. The first-order valence-corrected chi connectivity index (χ1v) is 13.3. The van der Waals surface area contributed by atoms with Crippen molar-refractivity contribution in [3.8, 4) is 5.75 Å². The van der Waals surface area contributed by atoms with Gasteiger partial charge in [0.05, 0.1) is 6.54 Å². The Balaban J connectivity index is 0.00000462. The number of halogens is 2. The number of anilines is 2. The van der Waals surface area contributed by atoms with Crippen LogP contribution in [0.3, 0.4) is 0 Å². The minimum absolute atomic E-state index is 0. The van der Waals surface area contributed by atoms with Crippen LogP contribution >= 0.6 is 11.6 Å². The zero-order valence-electron chi connectivity index (χ0n) is 22.7. The van der Waals surface area contributed by atoms with E-state index in [1.54, 1.807) is 17.0 Å². The highest BCUT2D eigenvalue weighted by atomic mass is 35.5. The fraction of sp³-hybridized carbons (Fsp3) is 0.440. The number of imidazole rings is 1. The molecular formula is C25H33Cl2N9O5. The van der Waals surface area contributed by atoms with Crippen molar-refractivity contribution >= 4 is 52.2 Å². The second kappa shape index (κ2) is 13.5. The number of carbonyl (C=O) groups excluding carboxylic acids is 2. The Morgan fingerprint density at radius 1 is 1.15 bits per heavy atom. The highest BCUT2D eigenvalue weighted by Gasteiger charge is 2.34. The molecule has 0 unspecified atom stereocenters. The lowest BCUT2D eigenvalue weighted by atomic mass is 10.0. The Morgan fingerprint density at radius 2 is 1.85 bits per heavy atom. The molecule has 0 saturated carbocycles. The van der Waals surface area contributed by atoms with Crippen LogP contribution in [0.2, 0.25) is 5.15 Å². The number of fused-ring (bicyclic) bond motifs is 1. The first kappa shape index (κ1) is 31.5. The summed E-state index contributed by atoms with van der Waals surface area (Å²) in [7, 11) is 0. The number of amides is 3. The van der Waals surface area contributed by atoms with Crippen LogP contribution in [0.5, 0.6) is 5.75 Å². The Labute approximate surface area is 247 Å². The number of carboxylic acid groups (broad SMARTS) is 1. The molecule has 1 fully saturated rings. The van der Waals surface area contributed by atoms with E-state index in [0.717, 1.165) is 16.9 Å². The summed E-state index contributed by atoms with van der Waals surface area (Å²) in [5.74, 6) is -0.647. The molecule has 3 amide bonds. The van der Waals surface area contributed by atoms with E-state index in [9.17, 15) is 14.4 Å². The third-order valence-corrected chi connectivity index (χ3v) is 7.02. The number of carboxylic acids is 1. The van der Waals surface area contributed by atoms with E-state index in [0.29, 0.717) is 44.8 Å². The second-order valence-corrected chi connectivity index (χ2v) is 9.59. The number of nitrogens with zero attached hydrogens (tertiary/aromatic N) is 5. The van der Waals surface area contributed by atoms with Gasteiger partial charge in [-0.05, 0) is 26.0 Å². The van der Waals surface area contributed by atoms with Crippen molar-refractivity contribution in [2.75, 3.05) is 37.7 Å². The minimum Gasteiger partial charge on any atom is -1.00 e. The van der Waals surface area contributed by atoms with Crippen LogP contribution < -0.4 is 43.8 Å². The van der Waals surface area contributed by atoms with E-state index in [-0.39, 0.29) is 53.5 Å². The van der Waals surface area contributed by atoms with Gasteiger partial charge in [0.1, 0.15) is 18.3 Å². The number of nitrogens with one attached hydrogen (secondary N) is 2. The van der Waals surface area contributed by atoms with E-state index in [2.05, 4.69) is 29.7 Å². The van der Waals surface area contributed by atoms with Crippen LogP contribution in [0.4, 0.5) is 16.4 Å². The molecule has 7 N–H and O–H groups in total. The molecule has 222 valence electrons. The number of rotatable bonds is 9. The van der Waals surface area contributed by atoms with E-state index in [1.807, 2.05) is 19.9 Å². The summed E-state index contributed by atoms with van der Waals surface area (Å²) in [5, 5.41) is 14.7. The summed E-state index contributed by atoms with van der Waals surface area (Å²) in [4.78, 5) is 46.2. The summed E-state index contributed by atoms with van der Waals surface area (Å²) in [6.45, 7) is 5.77. The first-order valence-electron chi connectivity index (χ1n) is 12.9. The van der Waals surface area contributed by atoms with Gasteiger partial charge in [0.25, 0.3) is 11.7 Å². The molecule has 4 rings (SSSR count). The maximum absolute atomic E-state index is 13.0. The van der Waals surface area contributed by atoms with Crippen molar-refractivity contribution in [1.82, 2.24) is 30.1 Å². The molecule has 1 aliphatic rings. The van der Waals surface area contributed by atoms with Gasteiger partial charge in [-0.3, -0.25) is 4.79 Å². The molecule has 3 heterocycles. The lowest BCUT2D eigenvalue weighted by Gasteiger charge is -2.31. The second-order valence-electron chi connectivity index (χ2n) is 9.23. The summed E-state index contributed by atoms with van der Waals surface area (Å²) in [5.41, 5.74) is 13.1. The molecule has 3 aromatic rings. The normalized spacial score (nSPS) is 13.5. The van der Waals surface area contributed by atoms with E-state index < -0.39 is 18.5 Å². The summed E-state index contributed by atoms with van der Waals surface area (Å²) < 4.78 is 9.66. The molecular weight excluding hydrogens is 577 g/mol. The number of ether oxygens (including phenoxy) is 1. The molecule has 14 nitrogen and oxygen atoms in total. The highest BCUT2D eigenvalue weighted by molar-refractivity contribution is 6.31. The maximum atomic E-state index is 13.0. The summed E-state index contributed by atoms with van der Waals surface area (Å²) >= 11 is 5.97. The number of aryl methyl sites for hydroxylation is 1. The number of benzene rings is 1. The molecule has 0 spiro atoms. The number of piperidine rings is 1. The van der Waals surface area contributed by atoms with E-state index in [1.165, 1.54) is 0 Å². The van der Waals surface area contributed by atoms with Crippen molar-refractivity contribution in [2.45, 2.75) is 45.8 Å². The molecule has 0 atom stereocenters. The maximum Gasteiger partial charge on any atom is 0.341 e. The van der Waals surface area contributed by atoms with Crippen molar-refractivity contribution < 1.29 is 41.2 Å². The summed E-state index contributed by atoms with van der Waals surface area (Å²) in [6.07, 6.45) is 1.36. The number of nitrogen functional groups attached to an aromatic ring is 2. The fourth-order valence-electron chi connectivity index (χ4n) is 4.95. The molecule has 0 bridgehead atoms. The lowest BCUT2D eigenvalue weighted by Crippen LogP contribution is -3.00. The zero-order valence-corrected chi connectivity index (χ0v) is 24.2. The average Bonchev–Trinajstić information content (AvgIpc) is 3.25. The topological polar surface area (TPSA) is 195 Å². The summed E-state index contributed by atoms with van der Waals surface area (Å²) in [6, 6.07) is 5.28. The van der Waals surface area contributed by atoms with E-state index in [4.69, 9.17) is 32.9 Å². The largest absolute Gasteiger partial charge is 1.00 e. The number of aliphatic carboxylic acids is 1. The Bertz CT molecular complexity index is 1440. The van der Waals surface area contributed by atoms with Crippen LogP contribution in [-0.2, 0) is 17.9 Å². The van der Waals surface area contributed by atoms with Crippen LogP contribution in [0.1, 0.15) is 49.0 Å². The standard InChI is InChI=1S/C25H32ClN9O5.ClH/c1-3-29-25(39)33-9-7-14(8-10-33)35-17-11-15(40-13-19(36)37)5-6-16(17)34(4-2)18(35)12-30-24(38)20-22(27)32-23(28)21(26)31-20;/h5-6,11,14H,3-4,7-10,12-13H2,1-2H3,(H6-,27,28,29,30,32,36,37,38,39);1H. The van der Waals surface area contributed by atoms with Crippen molar-refractivity contribution in [3.05, 3.63) is 34.9 Å². The van der Waals surface area contributed by atoms with Crippen molar-refractivity contribution in [1.29, 1.82) is 0 Å². The molecule has 1 aliphatic heterocycles. The van der Waals surface area contributed by atoms with Gasteiger partial charge in [-0.1, -0.05) is 11.6 Å². The quantitative estimate of drug-likeness (QED) is 0.176. The number of hydrogen-bond donors (Lipinski definition) is 5. The van der Waals surface area contributed by atoms with E-state index >= 15 is 0 Å². The number of likely N-dealkylation sites (tertiary alicyclic amines) is 1. The molecule has 0 aliphatic carbocycles. The number of nitrogens with two attached hydrogens (primary N) is 2. The van der Waals surface area contributed by atoms with Gasteiger partial charge in [-0.15, -0.1) is 0 Å². The number of hydrogen-bond acceptors (Lipinski definition) is 8. The van der Waals surface area contributed by atoms with Gasteiger partial charge in [-0.2, -0.15) is 0 Å². The third kappa shape index (κ3) is 6.82. The molecule has 41 heavy (non-hydrogen) atoms. The van der Waals surface area contributed by atoms with Crippen LogP contribution in [0.15, 0.2) is 18.2 Å². The first-order chi connectivity index (χ1) is 19.1. The third-order valence-electron chi connectivity index (χ3n) is 6.74. The monoisotopic (exact) mass is 609 g/mol. The Hall–Kier alpha value is -4.04. The molecule has 1 aromatic carbocycles.